The minimum atomic E-state index is 0. The van der Waals surface area contributed by atoms with Crippen molar-refractivity contribution in [3.63, 3.8) is 0 Å². The second-order valence-corrected chi connectivity index (χ2v) is 2.23. The van der Waals surface area contributed by atoms with Crippen molar-refractivity contribution in [3.05, 3.63) is 30.3 Å². The molecule has 0 aromatic heterocycles. The number of anilines is 1. The molecule has 0 fully saturated rings. The van der Waals surface area contributed by atoms with Crippen LogP contribution in [0.4, 0.5) is 5.69 Å². The molecule has 1 rings (SSSR count). The number of para-hydroxylation sites is 1. The fourth-order valence-electron chi connectivity index (χ4n) is 0.726. The van der Waals surface area contributed by atoms with Crippen molar-refractivity contribution in [3.8, 4) is 0 Å². The Morgan fingerprint density at radius 1 is 0.917 bits per heavy atom. The van der Waals surface area contributed by atoms with Crippen LogP contribution in [0.1, 0.15) is 0 Å². The predicted molar refractivity (Wildman–Crippen MR) is 46.5 cm³/mol. The van der Waals surface area contributed by atoms with Crippen molar-refractivity contribution >= 4 is 28.7 Å². The van der Waals surface area contributed by atoms with E-state index in [9.17, 15) is 0 Å². The normalized spacial score (nSPS) is 6.83. The first-order valence-electron chi connectivity index (χ1n) is 3.03. The Morgan fingerprint density at radius 3 is 1.58 bits per heavy atom. The van der Waals surface area contributed by atoms with Crippen LogP contribution >= 0.6 is 0 Å². The third-order valence-corrected chi connectivity index (χ3v) is 1.27. The van der Waals surface area contributed by atoms with Crippen molar-refractivity contribution in [1.82, 2.24) is 0 Å². The third kappa shape index (κ3) is 5.95. The van der Waals surface area contributed by atoms with E-state index in [1.54, 1.807) is 0 Å². The summed E-state index contributed by atoms with van der Waals surface area (Å²) in [6.45, 7) is 0. The van der Waals surface area contributed by atoms with Gasteiger partial charge in [0.25, 0.3) is 0 Å². The second kappa shape index (κ2) is 9.45. The quantitative estimate of drug-likeness (QED) is 0.427. The van der Waals surface area contributed by atoms with Gasteiger partial charge in [0.1, 0.15) is 0 Å². The molecule has 0 atom stereocenters. The Balaban J connectivity index is -0.000000270. The molecule has 0 N–H and O–H groups in total. The van der Waals surface area contributed by atoms with E-state index in [4.69, 9.17) is 0 Å². The topological polar surface area (TPSA) is 3.24 Å². The van der Waals surface area contributed by atoms with Crippen LogP contribution in [0.3, 0.4) is 0 Å². The predicted octanol–water partition coefficient (Wildman–Crippen LogP) is -4.62. The zero-order chi connectivity index (χ0) is 6.69. The maximum Gasteiger partial charge on any atom is 2.00 e. The Labute approximate surface area is 102 Å². The molecule has 1 aromatic rings. The van der Waals surface area contributed by atoms with Crippen LogP contribution < -0.4 is 29.7 Å². The summed E-state index contributed by atoms with van der Waals surface area (Å²) in [5, 5.41) is 0. The molecule has 0 unspecified atom stereocenters. The van der Waals surface area contributed by atoms with Crippen LogP contribution in [0, 0.1) is 0 Å². The van der Waals surface area contributed by atoms with Gasteiger partial charge in [0.15, 0.2) is 0 Å². The molecule has 0 saturated heterocycles. The van der Waals surface area contributed by atoms with Crippen molar-refractivity contribution in [2.24, 2.45) is 0 Å². The molecule has 0 aliphatic carbocycles. The van der Waals surface area contributed by atoms with Crippen molar-refractivity contribution < 1.29 is 24.8 Å². The van der Waals surface area contributed by atoms with Crippen LogP contribution in [-0.4, -0.2) is 37.1 Å². The first-order chi connectivity index (χ1) is 4.30. The maximum atomic E-state index is 2.08. The summed E-state index contributed by atoms with van der Waals surface area (Å²) in [5.41, 5.74) is 1.25. The molecule has 1 aromatic carbocycles. The van der Waals surface area contributed by atoms with E-state index in [1.165, 1.54) is 5.69 Å². The largest absolute Gasteiger partial charge is 2.00 e. The SMILES string of the molecule is CN(C)c1ccccc1.[Cl-].[Cl-].[Mg+2]. The van der Waals surface area contributed by atoms with E-state index in [0.29, 0.717) is 0 Å². The van der Waals surface area contributed by atoms with E-state index in [2.05, 4.69) is 17.0 Å². The molecular formula is C8H11Cl2MgN. The zero-order valence-corrected chi connectivity index (χ0v) is 10.2. The van der Waals surface area contributed by atoms with Gasteiger partial charge in [0.2, 0.25) is 0 Å². The summed E-state index contributed by atoms with van der Waals surface area (Å²) in [6.07, 6.45) is 0. The van der Waals surface area contributed by atoms with Gasteiger partial charge in [-0.1, -0.05) is 18.2 Å². The summed E-state index contributed by atoms with van der Waals surface area (Å²) in [4.78, 5) is 2.08. The molecule has 0 heterocycles. The first-order valence-corrected chi connectivity index (χ1v) is 3.03. The Morgan fingerprint density at radius 2 is 1.33 bits per heavy atom. The Kier molecular flexibility index (Phi) is 14.3. The van der Waals surface area contributed by atoms with Crippen LogP contribution in [0.5, 0.6) is 0 Å². The number of rotatable bonds is 1. The molecule has 64 valence electrons. The van der Waals surface area contributed by atoms with Crippen molar-refractivity contribution in [2.75, 3.05) is 19.0 Å². The molecule has 0 aliphatic heterocycles. The first kappa shape index (κ1) is 18.2. The Hall–Kier alpha value is 0.366. The van der Waals surface area contributed by atoms with Gasteiger partial charge in [0.05, 0.1) is 0 Å². The van der Waals surface area contributed by atoms with E-state index >= 15 is 0 Å². The average molecular weight is 216 g/mol. The summed E-state index contributed by atoms with van der Waals surface area (Å²) >= 11 is 0. The molecule has 0 radical (unpaired) electrons. The van der Waals surface area contributed by atoms with Crippen LogP contribution in [0.15, 0.2) is 30.3 Å². The third-order valence-electron chi connectivity index (χ3n) is 1.27. The minimum Gasteiger partial charge on any atom is -1.00 e. The summed E-state index contributed by atoms with van der Waals surface area (Å²) in [6, 6.07) is 10.3. The summed E-state index contributed by atoms with van der Waals surface area (Å²) < 4.78 is 0. The minimum absolute atomic E-state index is 0. The van der Waals surface area contributed by atoms with Crippen molar-refractivity contribution in [1.29, 1.82) is 0 Å². The van der Waals surface area contributed by atoms with Crippen molar-refractivity contribution in [2.45, 2.75) is 0 Å². The Bertz CT molecular complexity index is 180. The van der Waals surface area contributed by atoms with E-state index in [0.717, 1.165) is 0 Å². The van der Waals surface area contributed by atoms with Gasteiger partial charge in [-0.05, 0) is 12.1 Å². The molecule has 0 bridgehead atoms. The number of hydrogen-bond acceptors (Lipinski definition) is 1. The number of hydrogen-bond donors (Lipinski definition) is 0. The average Bonchev–Trinajstić information content (AvgIpc) is 1.90. The molecule has 12 heavy (non-hydrogen) atoms. The molecule has 0 aliphatic rings. The van der Waals surface area contributed by atoms with Crippen LogP contribution in [-0.2, 0) is 0 Å². The summed E-state index contributed by atoms with van der Waals surface area (Å²) in [7, 11) is 4.07. The number of halogens is 2. The van der Waals surface area contributed by atoms with Gasteiger partial charge in [-0.15, -0.1) is 0 Å². The van der Waals surface area contributed by atoms with Gasteiger partial charge >= 0.3 is 23.1 Å². The standard InChI is InChI=1S/C8H11N.2ClH.Mg/c1-9(2)8-6-4-3-5-7-8;;;/h3-7H,1-2H3;2*1H;/q;;;+2/p-2. The van der Waals surface area contributed by atoms with E-state index < -0.39 is 0 Å². The number of nitrogens with zero attached hydrogens (tertiary/aromatic N) is 1. The van der Waals surface area contributed by atoms with Crippen LogP contribution in [0.2, 0.25) is 0 Å². The zero-order valence-electron chi connectivity index (χ0n) is 7.30. The summed E-state index contributed by atoms with van der Waals surface area (Å²) in [5.74, 6) is 0. The number of benzene rings is 1. The molecule has 0 amide bonds. The molecule has 0 saturated carbocycles. The molecule has 4 heteroatoms. The van der Waals surface area contributed by atoms with Gasteiger partial charge in [-0.2, -0.15) is 0 Å². The molecule has 1 nitrogen and oxygen atoms in total. The molecular weight excluding hydrogens is 205 g/mol. The smallest absolute Gasteiger partial charge is 1.00 e. The van der Waals surface area contributed by atoms with Gasteiger partial charge in [-0.3, -0.25) is 0 Å². The fraction of sp³-hybridized carbons (Fsp3) is 0.250. The van der Waals surface area contributed by atoms with Gasteiger partial charge in [0, 0.05) is 19.8 Å². The fourth-order valence-corrected chi connectivity index (χ4v) is 0.726. The van der Waals surface area contributed by atoms with E-state index in [1.807, 2.05) is 32.3 Å². The molecule has 0 spiro atoms. The monoisotopic (exact) mass is 215 g/mol. The van der Waals surface area contributed by atoms with Gasteiger partial charge in [-0.25, -0.2) is 0 Å². The van der Waals surface area contributed by atoms with E-state index in [-0.39, 0.29) is 47.9 Å². The van der Waals surface area contributed by atoms with Gasteiger partial charge < -0.3 is 29.7 Å². The van der Waals surface area contributed by atoms with Crippen LogP contribution in [0.25, 0.3) is 0 Å². The second-order valence-electron chi connectivity index (χ2n) is 2.23. The maximum absolute atomic E-state index is 2.08.